The first-order valence-electron chi connectivity index (χ1n) is 31.4. The number of ketones is 2. The van der Waals surface area contributed by atoms with Crippen LogP contribution in [0, 0.1) is 41.5 Å². The van der Waals surface area contributed by atoms with E-state index in [2.05, 4.69) is 9.64 Å². The number of halogens is 2. The minimum absolute atomic E-state index is 0. The van der Waals surface area contributed by atoms with Gasteiger partial charge in [-0.05, 0) is 213 Å². The number of hydrogen-bond donors (Lipinski definition) is 1. The van der Waals surface area contributed by atoms with Gasteiger partial charge in [0, 0.05) is 91.8 Å². The second-order valence-electron chi connectivity index (χ2n) is 24.0. The Morgan fingerprint density at radius 2 is 0.636 bits per heavy atom. The molecule has 0 aliphatic heterocycles. The number of Topliss-reactive ketones (excluding diaryl/α,β-unsaturated/α-hetero) is 2. The number of methoxy groups -OCH3 is 3. The van der Waals surface area contributed by atoms with Crippen LogP contribution in [0.5, 0.6) is 34.5 Å². The van der Waals surface area contributed by atoms with Crippen LogP contribution in [-0.4, -0.2) is 221 Å². The largest absolute Gasteiger partial charge is 0.497 e. The summed E-state index contributed by atoms with van der Waals surface area (Å²) in [4.78, 5) is 41.9. The van der Waals surface area contributed by atoms with Crippen molar-refractivity contribution < 1.29 is 72.8 Å². The van der Waals surface area contributed by atoms with E-state index in [-0.39, 0.29) is 103 Å². The molecule has 0 aromatic heterocycles. The molecule has 0 amide bonds. The number of sulfonamides is 3. The standard InChI is InChI=1S/2C24H34N2O5S.C13H19NO5S.C10H16N2O.2ClH/c2*1-18-15-23(30-6)16-19(2)24(18)32(28,29)26(5)12-11-21(27)17-20-7-9-22(10-8-20)31-14-13-25(3)4;1-10-7-12(18-4)8-11(2)13(10)20(16,17)14(3)5-6-19-9-15;1-12(2)7-8-13-10-5-3-9(11)4-6-10;;/h2*7-10,15-16H,11-14,17H2,1-6H3;7-9H,5-6H2,1-4H3;3-6H,7-8,11H2,1-2H3;2*1H. The molecule has 0 saturated carbocycles. The Balaban J connectivity index is 0.000000688. The third kappa shape index (κ3) is 30.3. The van der Waals surface area contributed by atoms with Gasteiger partial charge in [-0.2, -0.15) is 4.31 Å². The van der Waals surface area contributed by atoms with Gasteiger partial charge in [0.05, 0.1) is 36.0 Å². The molecule has 0 saturated heterocycles. The number of benzene rings is 6. The van der Waals surface area contributed by atoms with Gasteiger partial charge >= 0.3 is 0 Å². The maximum absolute atomic E-state index is 13.1. The predicted molar refractivity (Wildman–Crippen MR) is 396 cm³/mol. The highest BCUT2D eigenvalue weighted by Crippen LogP contribution is 2.31. The second kappa shape index (κ2) is 44.2. The summed E-state index contributed by atoms with van der Waals surface area (Å²) in [7, 11) is 10.0. The van der Waals surface area contributed by atoms with E-state index in [4.69, 9.17) is 34.2 Å². The molecule has 0 aliphatic carbocycles. The maximum Gasteiger partial charge on any atom is 0.293 e. The zero-order valence-corrected chi connectivity index (χ0v) is 64.8. The summed E-state index contributed by atoms with van der Waals surface area (Å²) in [6.07, 6.45) is 0.801. The lowest BCUT2D eigenvalue weighted by Gasteiger charge is -2.20. The van der Waals surface area contributed by atoms with Crippen molar-refractivity contribution in [3.63, 3.8) is 0 Å². The van der Waals surface area contributed by atoms with Gasteiger partial charge in [-0.1, -0.05) is 24.3 Å². The smallest absolute Gasteiger partial charge is 0.293 e. The minimum Gasteiger partial charge on any atom is -0.497 e. The lowest BCUT2D eigenvalue weighted by Crippen LogP contribution is -2.31. The number of nitrogens with zero attached hydrogens (tertiary/aromatic N) is 6. The molecule has 0 atom stereocenters. The van der Waals surface area contributed by atoms with Gasteiger partial charge in [-0.25, -0.2) is 33.9 Å². The van der Waals surface area contributed by atoms with Crippen LogP contribution < -0.4 is 34.2 Å². The third-order valence-corrected chi connectivity index (χ3v) is 21.5. The summed E-state index contributed by atoms with van der Waals surface area (Å²) in [6.45, 7) is 15.6. The van der Waals surface area contributed by atoms with E-state index in [1.165, 1.54) is 36.9 Å². The van der Waals surface area contributed by atoms with Gasteiger partial charge in [0.15, 0.2) is 0 Å². The Morgan fingerprint density at radius 3 is 0.879 bits per heavy atom. The van der Waals surface area contributed by atoms with E-state index < -0.39 is 30.1 Å². The van der Waals surface area contributed by atoms with E-state index in [1.54, 1.807) is 92.2 Å². The number of ether oxygens (including phenoxy) is 7. The summed E-state index contributed by atoms with van der Waals surface area (Å²) in [5.74, 6) is 4.21. The van der Waals surface area contributed by atoms with E-state index >= 15 is 0 Å². The number of rotatable bonds is 35. The highest BCUT2D eigenvalue weighted by atomic mass is 35.5. The Labute approximate surface area is 601 Å². The fourth-order valence-electron chi connectivity index (χ4n) is 9.57. The first kappa shape index (κ1) is 89.9. The summed E-state index contributed by atoms with van der Waals surface area (Å²) in [5, 5.41) is 0. The van der Waals surface area contributed by atoms with E-state index in [0.717, 1.165) is 58.0 Å². The van der Waals surface area contributed by atoms with Crippen LogP contribution >= 0.6 is 24.8 Å². The molecule has 0 radical (unpaired) electrons. The SMILES string of the molecule is CN(C)CCOc1ccc(N)cc1.COc1cc(C)c(S(=O)(=O)N(C)CCC(=O)Cc2ccc(OCCN(C)C)cc2)c(C)c1.COc1cc(C)c(S(=O)(=O)N(C)CCC(=O)Cc2ccc(OCCN(C)C)cc2)c(C)c1.COc1cc(C)c(S(=O)(=O)N(C)CCOC=O)c(C)c1.Cl.Cl. The molecular formula is C71H105Cl2N7O16S3. The molecule has 6 rings (SSSR count). The fourth-order valence-corrected chi connectivity index (χ4v) is 14.3. The third-order valence-electron chi connectivity index (χ3n) is 15.0. The molecule has 0 spiro atoms. The Bertz CT molecular complexity index is 3580. The van der Waals surface area contributed by atoms with Crippen molar-refractivity contribution in [2.45, 2.75) is 81.9 Å². The average molecular weight is 1480 g/mol. The number of nitrogen functional groups attached to an aromatic ring is 1. The van der Waals surface area contributed by atoms with Crippen molar-refractivity contribution >= 4 is 78.6 Å². The predicted octanol–water partition coefficient (Wildman–Crippen LogP) is 9.31. The molecule has 28 heteroatoms. The highest BCUT2D eigenvalue weighted by Gasteiger charge is 2.29. The fraction of sp³-hybridized carbons (Fsp3) is 0.451. The molecule has 0 aliphatic rings. The Morgan fingerprint density at radius 1 is 0.384 bits per heavy atom. The molecule has 0 fully saturated rings. The highest BCUT2D eigenvalue weighted by molar-refractivity contribution is 7.89. The minimum atomic E-state index is -3.71. The van der Waals surface area contributed by atoms with Crippen LogP contribution in [0.25, 0.3) is 0 Å². The van der Waals surface area contributed by atoms with Crippen molar-refractivity contribution in [3.05, 3.63) is 154 Å². The van der Waals surface area contributed by atoms with Crippen LogP contribution in [0.3, 0.4) is 0 Å². The summed E-state index contributed by atoms with van der Waals surface area (Å²) >= 11 is 0. The first-order valence-corrected chi connectivity index (χ1v) is 35.7. The molecule has 552 valence electrons. The second-order valence-corrected chi connectivity index (χ2v) is 29.9. The lowest BCUT2D eigenvalue weighted by atomic mass is 10.1. The Hall–Kier alpha value is -7.08. The number of carbonyl (C=O) groups excluding carboxylic acids is 3. The van der Waals surface area contributed by atoms with E-state index in [0.29, 0.717) is 76.9 Å². The molecular weight excluding hydrogens is 1370 g/mol. The van der Waals surface area contributed by atoms with Gasteiger partial charge < -0.3 is 53.6 Å². The normalized spacial score (nSPS) is 11.3. The van der Waals surface area contributed by atoms with Crippen LogP contribution in [0.15, 0.2) is 124 Å². The maximum atomic E-state index is 13.1. The summed E-state index contributed by atoms with van der Waals surface area (Å²) in [6, 6.07) is 32.5. The lowest BCUT2D eigenvalue weighted by molar-refractivity contribution is -0.128. The zero-order chi connectivity index (χ0) is 72.8. The van der Waals surface area contributed by atoms with E-state index in [1.807, 2.05) is 125 Å². The van der Waals surface area contributed by atoms with Crippen molar-refractivity contribution in [1.82, 2.24) is 27.6 Å². The molecule has 2 N–H and O–H groups in total. The van der Waals surface area contributed by atoms with E-state index in [9.17, 15) is 39.6 Å². The molecule has 0 unspecified atom stereocenters. The molecule has 0 bridgehead atoms. The summed E-state index contributed by atoms with van der Waals surface area (Å²) in [5.41, 5.74) is 11.8. The van der Waals surface area contributed by atoms with Gasteiger partial charge in [0.25, 0.3) is 6.47 Å². The zero-order valence-electron chi connectivity index (χ0n) is 60.7. The number of aryl methyl sites for hydroxylation is 6. The van der Waals surface area contributed by atoms with Crippen LogP contribution in [0.1, 0.15) is 57.3 Å². The summed E-state index contributed by atoms with van der Waals surface area (Å²) < 4.78 is 118. The van der Waals surface area contributed by atoms with Crippen molar-refractivity contribution in [2.75, 3.05) is 156 Å². The number of hydrogen-bond acceptors (Lipinski definition) is 20. The number of carbonyl (C=O) groups is 3. The number of likely N-dealkylation sites (N-methyl/N-ethyl adjacent to an activating group) is 4. The average Bonchev–Trinajstić information content (AvgIpc) is 0.804. The monoisotopic (exact) mass is 1480 g/mol. The molecule has 6 aromatic rings. The molecule has 23 nitrogen and oxygen atoms in total. The number of anilines is 1. The van der Waals surface area contributed by atoms with Gasteiger partial charge in [0.1, 0.15) is 72.5 Å². The van der Waals surface area contributed by atoms with Gasteiger partial charge in [0.2, 0.25) is 30.1 Å². The number of nitrogens with two attached hydrogens (primary N) is 1. The van der Waals surface area contributed by atoms with Gasteiger partial charge in [-0.15, -0.1) is 24.8 Å². The van der Waals surface area contributed by atoms with Crippen LogP contribution in [0.2, 0.25) is 0 Å². The van der Waals surface area contributed by atoms with Crippen molar-refractivity contribution in [1.29, 1.82) is 0 Å². The quantitative estimate of drug-likeness (QED) is 0.0221. The first-order chi connectivity index (χ1) is 45.6. The molecule has 6 aromatic carbocycles. The van der Waals surface area contributed by atoms with Gasteiger partial charge in [-0.3, -0.25) is 14.4 Å². The van der Waals surface area contributed by atoms with Crippen molar-refractivity contribution in [2.24, 2.45) is 0 Å². The van der Waals surface area contributed by atoms with Crippen molar-refractivity contribution in [3.8, 4) is 34.5 Å². The molecule has 0 heterocycles. The van der Waals surface area contributed by atoms with Crippen LogP contribution in [0.4, 0.5) is 5.69 Å². The topological polar surface area (TPSA) is 264 Å². The molecule has 99 heavy (non-hydrogen) atoms. The van der Waals surface area contributed by atoms with Crippen LogP contribution in [-0.2, 0) is 62.0 Å². The Kier molecular flexibility index (Phi) is 40.2.